The van der Waals surface area contributed by atoms with Gasteiger partial charge >= 0.3 is 13.8 Å². The maximum Gasteiger partial charge on any atom is 0.472 e. The van der Waals surface area contributed by atoms with Crippen LogP contribution in [0.2, 0.25) is 0 Å². The van der Waals surface area contributed by atoms with Crippen molar-refractivity contribution in [3.8, 4) is 0 Å². The molecule has 2 N–H and O–H groups in total. The Morgan fingerprint density at radius 2 is 0.701 bits per heavy atom. The Bertz CT molecular complexity index is 1720. The van der Waals surface area contributed by atoms with Gasteiger partial charge in [0.1, 0.15) is 19.3 Å². The molecule has 508 valence electrons. The Labute approximate surface area is 540 Å². The van der Waals surface area contributed by atoms with Crippen LogP contribution in [-0.2, 0) is 27.9 Å². The van der Waals surface area contributed by atoms with E-state index in [4.69, 9.17) is 13.8 Å². The van der Waals surface area contributed by atoms with Gasteiger partial charge in [0, 0.05) is 12.8 Å². The largest absolute Gasteiger partial charge is 0.472 e. The minimum atomic E-state index is -4.46. The number of esters is 1. The van der Waals surface area contributed by atoms with Gasteiger partial charge in [-0.25, -0.2) is 4.57 Å². The minimum Gasteiger partial charge on any atom is -0.456 e. The number of ether oxygens (including phenoxy) is 1. The number of phosphoric ester groups is 1. The molecule has 1 amide bonds. The number of nitrogens with one attached hydrogen (secondary N) is 1. The van der Waals surface area contributed by atoms with E-state index in [1.807, 2.05) is 33.3 Å². The van der Waals surface area contributed by atoms with Crippen LogP contribution in [0.15, 0.2) is 72.9 Å². The predicted octanol–water partition coefficient (Wildman–Crippen LogP) is 23.9. The molecule has 0 aliphatic rings. The van der Waals surface area contributed by atoms with Gasteiger partial charge in [-0.1, -0.05) is 312 Å². The van der Waals surface area contributed by atoms with Gasteiger partial charge in [-0.05, 0) is 102 Å². The topological polar surface area (TPSA) is 111 Å². The van der Waals surface area contributed by atoms with Crippen LogP contribution in [0.25, 0.3) is 0 Å². The quantitative estimate of drug-likeness (QED) is 0.0205. The van der Waals surface area contributed by atoms with Crippen LogP contribution in [0.1, 0.15) is 355 Å². The summed E-state index contributed by atoms with van der Waals surface area (Å²) in [4.78, 5) is 38.0. The molecule has 0 radical (unpaired) electrons. The number of amides is 1. The van der Waals surface area contributed by atoms with E-state index in [9.17, 15) is 19.0 Å². The third-order valence-electron chi connectivity index (χ3n) is 16.6. The van der Waals surface area contributed by atoms with E-state index in [-0.39, 0.29) is 25.1 Å². The number of quaternary nitrogens is 1. The number of carbonyl (C=O) groups is 2. The summed E-state index contributed by atoms with van der Waals surface area (Å²) in [5.41, 5.74) is 0. The van der Waals surface area contributed by atoms with E-state index in [1.54, 1.807) is 0 Å². The van der Waals surface area contributed by atoms with Crippen LogP contribution in [0, 0.1) is 0 Å². The summed E-state index contributed by atoms with van der Waals surface area (Å²) in [6.45, 7) is 7.00. The second-order valence-corrected chi connectivity index (χ2v) is 27.9. The highest BCUT2D eigenvalue weighted by Crippen LogP contribution is 2.43. The average Bonchev–Trinajstić information content (AvgIpc) is 3.69. The SMILES string of the molecule is CCCCC/C=C\C/C=C\C/C=C\CCCCCCCCCCC(=O)NC(COP(=O)(O)OCC[N+](C)(C)C)C(/C=C\CCCCCCCCCCCCC)OC(=O)CCCCCCCCCCCCCCCCCCC/C=C\C/C=C\CCCCC. The molecule has 0 aromatic heterocycles. The van der Waals surface area contributed by atoms with E-state index in [1.165, 1.54) is 231 Å². The molecule has 0 saturated carbocycles. The molecule has 0 rings (SSSR count). The molecular weight excluding hydrogens is 1100 g/mol. The molecule has 9 nitrogen and oxygen atoms in total. The molecule has 87 heavy (non-hydrogen) atoms. The highest BCUT2D eigenvalue weighted by Gasteiger charge is 2.30. The first kappa shape index (κ1) is 84.5. The van der Waals surface area contributed by atoms with Gasteiger partial charge < -0.3 is 19.4 Å². The van der Waals surface area contributed by atoms with Crippen molar-refractivity contribution in [3.05, 3.63) is 72.9 Å². The molecule has 0 aliphatic heterocycles. The number of nitrogens with zero attached hydrogens (tertiary/aromatic N) is 1. The van der Waals surface area contributed by atoms with Gasteiger partial charge in [0.25, 0.3) is 0 Å². The lowest BCUT2D eigenvalue weighted by Crippen LogP contribution is -2.47. The Morgan fingerprint density at radius 3 is 1.07 bits per heavy atom. The third kappa shape index (κ3) is 67.7. The number of hydrogen-bond donors (Lipinski definition) is 2. The zero-order valence-electron chi connectivity index (χ0n) is 58.3. The zero-order chi connectivity index (χ0) is 63.5. The number of likely N-dealkylation sites (N-methyl/N-ethyl adjacent to an activating group) is 1. The average molecular weight is 1240 g/mol. The summed E-state index contributed by atoms with van der Waals surface area (Å²) >= 11 is 0. The monoisotopic (exact) mass is 1240 g/mol. The van der Waals surface area contributed by atoms with E-state index in [2.05, 4.69) is 86.8 Å². The molecular formula is C77H144N2O7P+. The first-order valence-electron chi connectivity index (χ1n) is 37.3. The van der Waals surface area contributed by atoms with Crippen molar-refractivity contribution in [2.75, 3.05) is 40.9 Å². The molecule has 0 aliphatic carbocycles. The molecule has 0 spiro atoms. The first-order valence-corrected chi connectivity index (χ1v) is 38.8. The number of unbranched alkanes of at least 4 members (excludes halogenated alkanes) is 42. The molecule has 0 aromatic carbocycles. The number of hydrogen-bond acceptors (Lipinski definition) is 6. The van der Waals surface area contributed by atoms with E-state index >= 15 is 0 Å². The Morgan fingerprint density at radius 1 is 0.402 bits per heavy atom. The maximum absolute atomic E-state index is 13.6. The lowest BCUT2D eigenvalue weighted by Gasteiger charge is -2.27. The molecule has 3 unspecified atom stereocenters. The van der Waals surface area contributed by atoms with Gasteiger partial charge in [0.05, 0.1) is 33.8 Å². The van der Waals surface area contributed by atoms with E-state index in [0.717, 1.165) is 89.9 Å². The molecule has 0 fully saturated rings. The second-order valence-electron chi connectivity index (χ2n) is 26.5. The lowest BCUT2D eigenvalue weighted by molar-refractivity contribution is -0.870. The van der Waals surface area contributed by atoms with Gasteiger partial charge in [0.2, 0.25) is 5.91 Å². The zero-order valence-corrected chi connectivity index (χ0v) is 59.2. The summed E-state index contributed by atoms with van der Waals surface area (Å²) in [6.07, 6.45) is 87.7. The number of carbonyl (C=O) groups excluding carboxylic acids is 2. The van der Waals surface area contributed by atoms with Crippen LogP contribution < -0.4 is 5.32 Å². The smallest absolute Gasteiger partial charge is 0.456 e. The predicted molar refractivity (Wildman–Crippen MR) is 378 cm³/mol. The highest BCUT2D eigenvalue weighted by molar-refractivity contribution is 7.47. The fourth-order valence-corrected chi connectivity index (χ4v) is 11.6. The van der Waals surface area contributed by atoms with Crippen LogP contribution in [0.5, 0.6) is 0 Å². The summed E-state index contributed by atoms with van der Waals surface area (Å²) in [5, 5.41) is 3.07. The van der Waals surface area contributed by atoms with E-state index < -0.39 is 20.0 Å². The number of rotatable bonds is 68. The van der Waals surface area contributed by atoms with Crippen molar-refractivity contribution in [1.82, 2.24) is 5.32 Å². The number of allylic oxidation sites excluding steroid dienone is 11. The molecule has 0 aromatic rings. The van der Waals surface area contributed by atoms with Gasteiger partial charge in [-0.3, -0.25) is 18.6 Å². The van der Waals surface area contributed by atoms with Gasteiger partial charge in [-0.15, -0.1) is 0 Å². The van der Waals surface area contributed by atoms with Crippen molar-refractivity contribution in [2.24, 2.45) is 0 Å². The summed E-state index contributed by atoms with van der Waals surface area (Å²) in [6, 6.07) is -0.855. The van der Waals surface area contributed by atoms with E-state index in [0.29, 0.717) is 23.9 Å². The molecule has 0 heterocycles. The standard InChI is InChI=1S/C77H143N2O7P/c1-7-10-13-16-19-22-25-28-30-32-34-36-37-38-39-40-41-43-45-47-49-52-55-58-61-64-67-70-77(81)86-75(68-65-62-59-56-53-50-27-24-21-18-15-12-9-3)74(73-85-87(82,83)84-72-71-79(4,5)6)78-76(80)69-66-63-60-57-54-51-48-46-44-42-35-33-31-29-26-23-20-17-14-11-8-2/h19-20,22-23,28-31,35,42,65,68,74-75H,7-18,21,24-27,32-34,36-41,43-64,66-67,69-73H2,1-6H3,(H-,78,80,82,83)/p+1/b22-19-,23-20-,30-28-,31-29-,42-35-,68-65-. The van der Waals surface area contributed by atoms with Crippen LogP contribution in [0.3, 0.4) is 0 Å². The second kappa shape index (κ2) is 66.4. The molecule has 0 bridgehead atoms. The third-order valence-corrected chi connectivity index (χ3v) is 17.6. The Balaban J connectivity index is 5.03. The lowest BCUT2D eigenvalue weighted by atomic mass is 10.0. The molecule has 3 atom stereocenters. The number of phosphoric acid groups is 1. The molecule has 0 saturated heterocycles. The first-order chi connectivity index (χ1) is 42.4. The van der Waals surface area contributed by atoms with Gasteiger partial charge in [-0.2, -0.15) is 0 Å². The van der Waals surface area contributed by atoms with Crippen molar-refractivity contribution < 1.29 is 37.3 Å². The van der Waals surface area contributed by atoms with Crippen molar-refractivity contribution in [1.29, 1.82) is 0 Å². The van der Waals surface area contributed by atoms with Crippen molar-refractivity contribution in [2.45, 2.75) is 367 Å². The maximum atomic E-state index is 13.6. The Kier molecular flexibility index (Phi) is 64.4. The molecule has 10 heteroatoms. The summed E-state index contributed by atoms with van der Waals surface area (Å²) in [5.74, 6) is -0.500. The fourth-order valence-electron chi connectivity index (χ4n) is 10.9. The normalized spacial score (nSPS) is 13.9. The van der Waals surface area contributed by atoms with Gasteiger partial charge in [0.15, 0.2) is 0 Å². The van der Waals surface area contributed by atoms with Crippen molar-refractivity contribution >= 4 is 19.7 Å². The van der Waals surface area contributed by atoms with Crippen molar-refractivity contribution in [3.63, 3.8) is 0 Å². The summed E-state index contributed by atoms with van der Waals surface area (Å²) in [7, 11) is 1.50. The highest BCUT2D eigenvalue weighted by atomic mass is 31.2. The van der Waals surface area contributed by atoms with Crippen LogP contribution >= 0.6 is 7.82 Å². The Hall–Kier alpha value is -2.55. The van der Waals surface area contributed by atoms with Crippen LogP contribution in [-0.4, -0.2) is 74.3 Å². The van der Waals surface area contributed by atoms with Crippen LogP contribution in [0.4, 0.5) is 0 Å². The fraction of sp³-hybridized carbons (Fsp3) is 0.818. The summed E-state index contributed by atoms with van der Waals surface area (Å²) < 4.78 is 30.9. The minimum absolute atomic E-state index is 0.0381.